The molecule has 3 atom stereocenters. The summed E-state index contributed by atoms with van der Waals surface area (Å²) >= 11 is 0. The van der Waals surface area contributed by atoms with Gasteiger partial charge in [0, 0.05) is 25.8 Å². The minimum absolute atomic E-state index is 0. The molecule has 5 nitrogen and oxygen atoms in total. The Kier molecular flexibility index (Phi) is 20.9. The third kappa shape index (κ3) is 17.8. The van der Waals surface area contributed by atoms with Crippen molar-refractivity contribution in [3.63, 3.8) is 0 Å². The van der Waals surface area contributed by atoms with Crippen LogP contribution < -0.4 is 11.5 Å². The average Bonchev–Trinajstić information content (AvgIpc) is 2.31. The number of hydrogen-bond acceptors (Lipinski definition) is 5. The highest BCUT2D eigenvalue weighted by atomic mass is 16.5. The third-order valence-electron chi connectivity index (χ3n) is 2.36. The van der Waals surface area contributed by atoms with E-state index >= 15 is 0 Å². The van der Waals surface area contributed by atoms with E-state index < -0.39 is 0 Å². The van der Waals surface area contributed by atoms with Gasteiger partial charge in [-0.05, 0) is 33.6 Å². The average molecular weight is 294 g/mol. The molecular formula is C15H38N2O3. The fraction of sp³-hybridized carbons (Fsp3) is 1.00. The molecule has 0 aliphatic rings. The Morgan fingerprint density at radius 2 is 1.35 bits per heavy atom. The quantitative estimate of drug-likeness (QED) is 0.539. The molecular weight excluding hydrogens is 256 g/mol. The first-order valence-electron chi connectivity index (χ1n) is 6.82. The van der Waals surface area contributed by atoms with E-state index in [0.717, 1.165) is 26.1 Å². The molecule has 0 amide bonds. The van der Waals surface area contributed by atoms with Crippen molar-refractivity contribution in [2.24, 2.45) is 11.5 Å². The van der Waals surface area contributed by atoms with E-state index in [1.165, 1.54) is 0 Å². The van der Waals surface area contributed by atoms with E-state index in [4.69, 9.17) is 25.7 Å². The lowest BCUT2D eigenvalue weighted by molar-refractivity contribution is -0.0390. The first-order valence-corrected chi connectivity index (χ1v) is 6.82. The van der Waals surface area contributed by atoms with Crippen molar-refractivity contribution < 1.29 is 14.2 Å². The predicted molar refractivity (Wildman–Crippen MR) is 87.0 cm³/mol. The topological polar surface area (TPSA) is 79.7 Å². The van der Waals surface area contributed by atoms with Crippen LogP contribution in [0.2, 0.25) is 0 Å². The summed E-state index contributed by atoms with van der Waals surface area (Å²) in [4.78, 5) is 0. The molecule has 0 saturated carbocycles. The minimum Gasteiger partial charge on any atom is -0.380 e. The molecule has 4 N–H and O–H groups in total. The van der Waals surface area contributed by atoms with Crippen molar-refractivity contribution in [2.75, 3.05) is 33.0 Å². The summed E-state index contributed by atoms with van der Waals surface area (Å²) in [5.74, 6) is 0. The second-order valence-corrected chi connectivity index (χ2v) is 4.83. The van der Waals surface area contributed by atoms with Crippen molar-refractivity contribution in [3.05, 3.63) is 0 Å². The molecule has 0 spiro atoms. The summed E-state index contributed by atoms with van der Waals surface area (Å²) in [5, 5.41) is 0. The standard InChI is InChI=1S/C13H30N2O3.2CH4/c1-11(15)9-16-6-4-5-7-17-10-13(3)18-12(2)8-14;;/h11-13H,4-10,14-15H2,1-3H3;2*1H4. The van der Waals surface area contributed by atoms with Crippen LogP contribution in [0, 0.1) is 0 Å². The molecule has 0 radical (unpaired) electrons. The summed E-state index contributed by atoms with van der Waals surface area (Å²) in [7, 11) is 0. The van der Waals surface area contributed by atoms with E-state index in [0.29, 0.717) is 19.8 Å². The predicted octanol–water partition coefficient (Wildman–Crippen LogP) is 2.17. The Morgan fingerprint density at radius 3 is 1.80 bits per heavy atom. The van der Waals surface area contributed by atoms with Gasteiger partial charge in [0.1, 0.15) is 0 Å². The van der Waals surface area contributed by atoms with Crippen molar-refractivity contribution >= 4 is 0 Å². The van der Waals surface area contributed by atoms with Crippen molar-refractivity contribution in [1.29, 1.82) is 0 Å². The zero-order valence-corrected chi connectivity index (χ0v) is 12.1. The smallest absolute Gasteiger partial charge is 0.0784 e. The first kappa shape index (κ1) is 24.8. The lowest BCUT2D eigenvalue weighted by Gasteiger charge is -2.17. The zero-order chi connectivity index (χ0) is 13.8. The summed E-state index contributed by atoms with van der Waals surface area (Å²) in [6.07, 6.45) is 2.19. The molecule has 0 rings (SSSR count). The molecule has 20 heavy (non-hydrogen) atoms. The van der Waals surface area contributed by atoms with Crippen LogP contribution in [0.3, 0.4) is 0 Å². The Bertz CT molecular complexity index is 181. The van der Waals surface area contributed by atoms with E-state index in [9.17, 15) is 0 Å². The van der Waals surface area contributed by atoms with Gasteiger partial charge in [-0.1, -0.05) is 14.9 Å². The monoisotopic (exact) mass is 294 g/mol. The van der Waals surface area contributed by atoms with Crippen LogP contribution in [-0.4, -0.2) is 51.2 Å². The van der Waals surface area contributed by atoms with E-state index in [1.807, 2.05) is 20.8 Å². The molecule has 0 aliphatic heterocycles. The molecule has 0 aromatic carbocycles. The van der Waals surface area contributed by atoms with Crippen LogP contribution in [0.1, 0.15) is 48.5 Å². The van der Waals surface area contributed by atoms with Gasteiger partial charge in [-0.3, -0.25) is 0 Å². The van der Waals surface area contributed by atoms with Crippen LogP contribution in [0.5, 0.6) is 0 Å². The second kappa shape index (κ2) is 16.9. The maximum Gasteiger partial charge on any atom is 0.0784 e. The highest BCUT2D eigenvalue weighted by Crippen LogP contribution is 1.99. The zero-order valence-electron chi connectivity index (χ0n) is 12.1. The molecule has 0 fully saturated rings. The Balaban J connectivity index is -0.00000144. The van der Waals surface area contributed by atoms with Gasteiger partial charge >= 0.3 is 0 Å². The maximum absolute atomic E-state index is 5.58. The summed E-state index contributed by atoms with van der Waals surface area (Å²) in [6.45, 7) is 9.18. The second-order valence-electron chi connectivity index (χ2n) is 4.83. The van der Waals surface area contributed by atoms with E-state index in [1.54, 1.807) is 0 Å². The Hall–Kier alpha value is -0.200. The van der Waals surface area contributed by atoms with Crippen LogP contribution in [0.25, 0.3) is 0 Å². The van der Waals surface area contributed by atoms with Gasteiger partial charge in [0.25, 0.3) is 0 Å². The lowest BCUT2D eigenvalue weighted by atomic mass is 10.3. The number of unbranched alkanes of at least 4 members (excludes halogenated alkanes) is 1. The van der Waals surface area contributed by atoms with Gasteiger partial charge < -0.3 is 25.7 Å². The minimum atomic E-state index is 0. The van der Waals surface area contributed by atoms with Crippen LogP contribution in [0.15, 0.2) is 0 Å². The Morgan fingerprint density at radius 1 is 0.850 bits per heavy atom. The molecule has 0 heterocycles. The number of ether oxygens (including phenoxy) is 3. The summed E-state index contributed by atoms with van der Waals surface area (Å²) < 4.78 is 16.5. The van der Waals surface area contributed by atoms with Crippen LogP contribution in [0.4, 0.5) is 0 Å². The molecule has 0 aromatic heterocycles. The largest absolute Gasteiger partial charge is 0.380 e. The number of nitrogens with two attached hydrogens (primary N) is 2. The van der Waals surface area contributed by atoms with Gasteiger partial charge in [-0.2, -0.15) is 0 Å². The van der Waals surface area contributed by atoms with Crippen molar-refractivity contribution in [3.8, 4) is 0 Å². The van der Waals surface area contributed by atoms with Crippen molar-refractivity contribution in [2.45, 2.75) is 66.7 Å². The SMILES string of the molecule is C.C.CC(N)COCCCCOCC(C)OC(C)CN. The lowest BCUT2D eigenvalue weighted by Crippen LogP contribution is -2.27. The molecule has 0 saturated heterocycles. The highest BCUT2D eigenvalue weighted by molar-refractivity contribution is 4.55. The fourth-order valence-electron chi connectivity index (χ4n) is 1.42. The molecule has 0 aliphatic carbocycles. The van der Waals surface area contributed by atoms with E-state index in [-0.39, 0.29) is 33.1 Å². The maximum atomic E-state index is 5.58. The summed E-state index contributed by atoms with van der Waals surface area (Å²) in [5.41, 5.74) is 11.0. The van der Waals surface area contributed by atoms with Crippen molar-refractivity contribution in [1.82, 2.24) is 0 Å². The normalized spacial score (nSPS) is 14.8. The van der Waals surface area contributed by atoms with Gasteiger partial charge in [0.2, 0.25) is 0 Å². The highest BCUT2D eigenvalue weighted by Gasteiger charge is 2.06. The van der Waals surface area contributed by atoms with Gasteiger partial charge in [0.15, 0.2) is 0 Å². The molecule has 3 unspecified atom stereocenters. The third-order valence-corrected chi connectivity index (χ3v) is 2.36. The molecule has 126 valence electrons. The fourth-order valence-corrected chi connectivity index (χ4v) is 1.42. The van der Waals surface area contributed by atoms with Gasteiger partial charge in [-0.15, -0.1) is 0 Å². The van der Waals surface area contributed by atoms with Gasteiger partial charge in [0.05, 0.1) is 25.4 Å². The number of rotatable bonds is 12. The van der Waals surface area contributed by atoms with Gasteiger partial charge in [-0.25, -0.2) is 0 Å². The van der Waals surface area contributed by atoms with Crippen LogP contribution in [-0.2, 0) is 14.2 Å². The Labute approximate surface area is 126 Å². The molecule has 0 aromatic rings. The molecule has 0 bridgehead atoms. The summed E-state index contributed by atoms with van der Waals surface area (Å²) in [6, 6.07) is 0.115. The molecule has 5 heteroatoms. The number of hydrogen-bond donors (Lipinski definition) is 2. The van der Waals surface area contributed by atoms with Crippen LogP contribution >= 0.6 is 0 Å². The van der Waals surface area contributed by atoms with E-state index in [2.05, 4.69) is 0 Å². The first-order chi connectivity index (χ1) is 8.56.